The van der Waals surface area contributed by atoms with Gasteiger partial charge in [-0.25, -0.2) is 0 Å². The molecule has 102 valence electrons. The third-order valence-electron chi connectivity index (χ3n) is 4.22. The van der Waals surface area contributed by atoms with E-state index in [1.807, 2.05) is 13.8 Å². The molecule has 1 fully saturated rings. The highest BCUT2D eigenvalue weighted by molar-refractivity contribution is 5.85. The molecule has 4 nitrogen and oxygen atoms in total. The van der Waals surface area contributed by atoms with Crippen molar-refractivity contribution in [2.24, 2.45) is 11.3 Å². The van der Waals surface area contributed by atoms with Gasteiger partial charge in [-0.15, -0.1) is 0 Å². The summed E-state index contributed by atoms with van der Waals surface area (Å²) in [4.78, 5) is 14.5. The Hall–Kier alpha value is -1.08. The van der Waals surface area contributed by atoms with Crippen LogP contribution in [0.4, 0.5) is 0 Å². The van der Waals surface area contributed by atoms with Crippen LogP contribution in [-0.2, 0) is 4.79 Å². The van der Waals surface area contributed by atoms with Crippen LogP contribution < -0.4 is 5.32 Å². The zero-order valence-electron chi connectivity index (χ0n) is 11.8. The predicted molar refractivity (Wildman–Crippen MR) is 71.9 cm³/mol. The number of carbonyl (C=O) groups excluding carboxylic acids is 1. The average Bonchev–Trinajstić information content (AvgIpc) is 2.87. The third kappa shape index (κ3) is 3.23. The minimum Gasteiger partial charge on any atom is -0.354 e. The number of nitrogens with one attached hydrogen (secondary N) is 1. The normalized spacial score (nSPS) is 20.7. The van der Waals surface area contributed by atoms with E-state index in [9.17, 15) is 10.1 Å². The van der Waals surface area contributed by atoms with Crippen molar-refractivity contribution < 1.29 is 4.79 Å². The molecule has 1 unspecified atom stereocenters. The maximum atomic E-state index is 12.1. The summed E-state index contributed by atoms with van der Waals surface area (Å²) in [6, 6.07) is 2.19. The SMILES string of the molecule is CCN1CCC(CNC(=O)C(C#N)(CC)CC)C1. The molecule has 1 atom stereocenters. The van der Waals surface area contributed by atoms with Crippen LogP contribution in [0.25, 0.3) is 0 Å². The quantitative estimate of drug-likeness (QED) is 0.783. The summed E-state index contributed by atoms with van der Waals surface area (Å²) in [7, 11) is 0. The second-order valence-electron chi connectivity index (χ2n) is 5.16. The van der Waals surface area contributed by atoms with Gasteiger partial charge in [0.25, 0.3) is 0 Å². The van der Waals surface area contributed by atoms with Crippen LogP contribution >= 0.6 is 0 Å². The Morgan fingerprint density at radius 1 is 1.44 bits per heavy atom. The summed E-state index contributed by atoms with van der Waals surface area (Å²) in [5.41, 5.74) is -0.830. The molecule has 0 radical (unpaired) electrons. The van der Waals surface area contributed by atoms with E-state index in [1.54, 1.807) is 0 Å². The van der Waals surface area contributed by atoms with Gasteiger partial charge in [-0.1, -0.05) is 20.8 Å². The minimum atomic E-state index is -0.830. The summed E-state index contributed by atoms with van der Waals surface area (Å²) in [5.74, 6) is 0.448. The summed E-state index contributed by atoms with van der Waals surface area (Å²) in [6.07, 6.45) is 2.31. The van der Waals surface area contributed by atoms with Crippen LogP contribution in [0.2, 0.25) is 0 Å². The number of carbonyl (C=O) groups is 1. The number of hydrogen-bond acceptors (Lipinski definition) is 3. The molecule has 18 heavy (non-hydrogen) atoms. The van der Waals surface area contributed by atoms with Crippen LogP contribution in [0, 0.1) is 22.7 Å². The van der Waals surface area contributed by atoms with Crippen LogP contribution in [0.15, 0.2) is 0 Å². The van der Waals surface area contributed by atoms with E-state index in [1.165, 1.54) is 0 Å². The van der Waals surface area contributed by atoms with Gasteiger partial charge < -0.3 is 10.2 Å². The molecule has 0 spiro atoms. The number of likely N-dealkylation sites (tertiary alicyclic amines) is 1. The molecule has 4 heteroatoms. The zero-order chi connectivity index (χ0) is 13.6. The van der Waals surface area contributed by atoms with Crippen molar-refractivity contribution in [3.05, 3.63) is 0 Å². The van der Waals surface area contributed by atoms with Gasteiger partial charge >= 0.3 is 0 Å². The second kappa shape index (κ2) is 6.75. The fourth-order valence-electron chi connectivity index (χ4n) is 2.55. The topological polar surface area (TPSA) is 56.1 Å². The van der Waals surface area contributed by atoms with E-state index in [0.29, 0.717) is 25.3 Å². The van der Waals surface area contributed by atoms with Crippen LogP contribution in [0.5, 0.6) is 0 Å². The summed E-state index contributed by atoms with van der Waals surface area (Å²) >= 11 is 0. The number of nitriles is 1. The molecule has 0 aromatic carbocycles. The molecule has 1 heterocycles. The Labute approximate surface area is 110 Å². The molecule has 1 saturated heterocycles. The van der Waals surface area contributed by atoms with Crippen molar-refractivity contribution in [3.63, 3.8) is 0 Å². The van der Waals surface area contributed by atoms with Crippen molar-refractivity contribution in [1.29, 1.82) is 5.26 Å². The van der Waals surface area contributed by atoms with Crippen molar-refractivity contribution >= 4 is 5.91 Å². The van der Waals surface area contributed by atoms with Gasteiger partial charge in [-0.2, -0.15) is 5.26 Å². The molecule has 0 saturated carbocycles. The van der Waals surface area contributed by atoms with Crippen molar-refractivity contribution in [2.75, 3.05) is 26.2 Å². The molecule has 1 amide bonds. The highest BCUT2D eigenvalue weighted by Crippen LogP contribution is 2.25. The first-order valence-electron chi connectivity index (χ1n) is 7.03. The van der Waals surface area contributed by atoms with Gasteiger partial charge in [-0.3, -0.25) is 4.79 Å². The maximum absolute atomic E-state index is 12.1. The van der Waals surface area contributed by atoms with Crippen molar-refractivity contribution in [3.8, 4) is 6.07 Å². The maximum Gasteiger partial charge on any atom is 0.240 e. The van der Waals surface area contributed by atoms with Crippen LogP contribution in [0.1, 0.15) is 40.0 Å². The smallest absolute Gasteiger partial charge is 0.240 e. The van der Waals surface area contributed by atoms with Gasteiger partial charge in [0, 0.05) is 13.1 Å². The Morgan fingerprint density at radius 3 is 2.56 bits per heavy atom. The lowest BCUT2D eigenvalue weighted by molar-refractivity contribution is -0.128. The molecule has 1 aliphatic heterocycles. The van der Waals surface area contributed by atoms with E-state index in [0.717, 1.165) is 26.1 Å². The second-order valence-corrected chi connectivity index (χ2v) is 5.16. The summed E-state index contributed by atoms with van der Waals surface area (Å²) in [6.45, 7) is 9.95. The van der Waals surface area contributed by atoms with E-state index >= 15 is 0 Å². The Balaban J connectivity index is 2.44. The molecule has 0 aromatic rings. The molecular weight excluding hydrogens is 226 g/mol. The number of hydrogen-bond donors (Lipinski definition) is 1. The Bertz CT molecular complexity index is 317. The zero-order valence-corrected chi connectivity index (χ0v) is 11.8. The highest BCUT2D eigenvalue weighted by Gasteiger charge is 2.35. The first-order chi connectivity index (χ1) is 8.61. The average molecular weight is 251 g/mol. The lowest BCUT2D eigenvalue weighted by Gasteiger charge is -2.23. The first-order valence-corrected chi connectivity index (χ1v) is 7.03. The molecule has 0 aromatic heterocycles. The molecule has 1 rings (SSSR count). The summed E-state index contributed by atoms with van der Waals surface area (Å²) < 4.78 is 0. The number of rotatable bonds is 6. The van der Waals surface area contributed by atoms with Gasteiger partial charge in [0.1, 0.15) is 5.41 Å². The Morgan fingerprint density at radius 2 is 2.11 bits per heavy atom. The van der Waals surface area contributed by atoms with Gasteiger partial charge in [0.05, 0.1) is 6.07 Å². The highest BCUT2D eigenvalue weighted by atomic mass is 16.2. The van der Waals surface area contributed by atoms with E-state index < -0.39 is 5.41 Å². The van der Waals surface area contributed by atoms with Crippen molar-refractivity contribution in [1.82, 2.24) is 10.2 Å². The van der Waals surface area contributed by atoms with Crippen LogP contribution in [-0.4, -0.2) is 37.0 Å². The summed E-state index contributed by atoms with van der Waals surface area (Å²) in [5, 5.41) is 12.2. The van der Waals surface area contributed by atoms with Gasteiger partial charge in [-0.05, 0) is 38.3 Å². The molecular formula is C14H25N3O. The molecule has 0 aliphatic carbocycles. The lowest BCUT2D eigenvalue weighted by Crippen LogP contribution is -2.41. The molecule has 1 N–H and O–H groups in total. The van der Waals surface area contributed by atoms with E-state index in [2.05, 4.69) is 23.2 Å². The largest absolute Gasteiger partial charge is 0.354 e. The monoisotopic (exact) mass is 251 g/mol. The molecule has 1 aliphatic rings. The predicted octanol–water partition coefficient (Wildman–Crippen LogP) is 1.77. The minimum absolute atomic E-state index is 0.0926. The Kier molecular flexibility index (Phi) is 5.61. The fourth-order valence-corrected chi connectivity index (χ4v) is 2.55. The molecule has 0 bridgehead atoms. The third-order valence-corrected chi connectivity index (χ3v) is 4.22. The lowest BCUT2D eigenvalue weighted by atomic mass is 9.83. The van der Waals surface area contributed by atoms with E-state index in [4.69, 9.17) is 0 Å². The van der Waals surface area contributed by atoms with Crippen LogP contribution in [0.3, 0.4) is 0 Å². The number of nitrogens with zero attached hydrogens (tertiary/aromatic N) is 2. The first kappa shape index (κ1) is 15.0. The standard InChI is InChI=1S/C14H25N3O/c1-4-14(5-2,11-15)13(18)16-9-12-7-8-17(6-3)10-12/h12H,4-10H2,1-3H3,(H,16,18). The fraction of sp³-hybridized carbons (Fsp3) is 0.857. The van der Waals surface area contributed by atoms with Gasteiger partial charge in [0.2, 0.25) is 5.91 Å². The van der Waals surface area contributed by atoms with E-state index in [-0.39, 0.29) is 5.91 Å². The number of amides is 1. The van der Waals surface area contributed by atoms with Crippen molar-refractivity contribution in [2.45, 2.75) is 40.0 Å². The van der Waals surface area contributed by atoms with Gasteiger partial charge in [0.15, 0.2) is 0 Å².